The molecule has 5 nitrogen and oxygen atoms in total. The Kier molecular flexibility index (Phi) is 2.19. The van der Waals surface area contributed by atoms with Crippen molar-refractivity contribution in [2.45, 2.75) is 4.90 Å². The number of nitrogens with zero attached hydrogens (tertiary/aromatic N) is 2. The predicted octanol–water partition coefficient (Wildman–Crippen LogP) is 2.00. The molecule has 1 aliphatic heterocycles. The van der Waals surface area contributed by atoms with Crippen molar-refractivity contribution in [3.63, 3.8) is 0 Å². The zero-order valence-electron chi connectivity index (χ0n) is 8.98. The summed E-state index contributed by atoms with van der Waals surface area (Å²) in [5.41, 5.74) is 1.98. The lowest BCUT2D eigenvalue weighted by Crippen LogP contribution is -2.17. The molecule has 1 aromatic heterocycles. The molecule has 1 aliphatic rings. The van der Waals surface area contributed by atoms with Gasteiger partial charge >= 0.3 is 0 Å². The van der Waals surface area contributed by atoms with Crippen molar-refractivity contribution in [3.8, 4) is 5.75 Å². The number of hydrogen-bond acceptors (Lipinski definition) is 5. The highest BCUT2D eigenvalue weighted by atomic mass is 32.2. The molecule has 0 radical (unpaired) electrons. The lowest BCUT2D eigenvalue weighted by molar-refractivity contribution is 0.179. The number of methoxy groups -OCH3 is 1. The summed E-state index contributed by atoms with van der Waals surface area (Å²) in [5.74, 6) is 1.57. The van der Waals surface area contributed by atoms with Crippen LogP contribution in [0.1, 0.15) is 0 Å². The zero-order chi connectivity index (χ0) is 11.1. The molecule has 2 heterocycles. The van der Waals surface area contributed by atoms with Crippen LogP contribution in [0.4, 0.5) is 5.69 Å². The quantitative estimate of drug-likeness (QED) is 0.865. The van der Waals surface area contributed by atoms with Crippen LogP contribution in [0, 0.1) is 0 Å². The van der Waals surface area contributed by atoms with Crippen LogP contribution in [0.3, 0.4) is 0 Å². The van der Waals surface area contributed by atoms with Crippen molar-refractivity contribution in [3.05, 3.63) is 12.3 Å². The SMILES string of the molecule is COc1cc2[nH]ncc2c2c1N(OC)CS2. The van der Waals surface area contributed by atoms with E-state index in [-0.39, 0.29) is 0 Å². The summed E-state index contributed by atoms with van der Waals surface area (Å²) in [6.07, 6.45) is 1.83. The van der Waals surface area contributed by atoms with E-state index in [0.717, 1.165) is 33.1 Å². The lowest BCUT2D eigenvalue weighted by atomic mass is 10.2. The number of benzene rings is 1. The molecule has 0 spiro atoms. The maximum Gasteiger partial charge on any atom is 0.147 e. The molecule has 0 bridgehead atoms. The van der Waals surface area contributed by atoms with Crippen molar-refractivity contribution >= 4 is 28.4 Å². The second-order valence-corrected chi connectivity index (χ2v) is 4.38. The molecule has 84 valence electrons. The molecule has 0 aliphatic carbocycles. The van der Waals surface area contributed by atoms with Gasteiger partial charge in [-0.3, -0.25) is 9.94 Å². The third-order valence-electron chi connectivity index (χ3n) is 2.65. The van der Waals surface area contributed by atoms with Gasteiger partial charge in [0, 0.05) is 16.3 Å². The monoisotopic (exact) mass is 237 g/mol. The Morgan fingerprint density at radius 2 is 2.38 bits per heavy atom. The fraction of sp³-hybridized carbons (Fsp3) is 0.300. The molecule has 0 saturated carbocycles. The van der Waals surface area contributed by atoms with Crippen molar-refractivity contribution in [2.24, 2.45) is 0 Å². The Balaban J connectivity index is 2.31. The van der Waals surface area contributed by atoms with Crippen LogP contribution in [0.15, 0.2) is 17.2 Å². The van der Waals surface area contributed by atoms with Crippen LogP contribution in [0.5, 0.6) is 5.75 Å². The van der Waals surface area contributed by atoms with Gasteiger partial charge in [-0.25, -0.2) is 5.06 Å². The number of rotatable bonds is 2. The Bertz CT molecular complexity index is 540. The zero-order valence-corrected chi connectivity index (χ0v) is 9.80. The number of thioether (sulfide) groups is 1. The van der Waals surface area contributed by atoms with Gasteiger partial charge in [-0.05, 0) is 0 Å². The summed E-state index contributed by atoms with van der Waals surface area (Å²) in [4.78, 5) is 6.46. The second-order valence-electron chi connectivity index (χ2n) is 3.42. The molecule has 0 atom stereocenters. The van der Waals surface area contributed by atoms with Gasteiger partial charge < -0.3 is 4.74 Å². The van der Waals surface area contributed by atoms with E-state index in [9.17, 15) is 0 Å². The number of aromatic amines is 1. The van der Waals surface area contributed by atoms with Gasteiger partial charge in [0.1, 0.15) is 11.4 Å². The van der Waals surface area contributed by atoms with Gasteiger partial charge in [-0.2, -0.15) is 5.10 Å². The Labute approximate surface area is 96.7 Å². The number of aromatic nitrogens is 2. The summed E-state index contributed by atoms with van der Waals surface area (Å²) < 4.78 is 5.38. The van der Waals surface area contributed by atoms with Crippen LogP contribution in [0.2, 0.25) is 0 Å². The van der Waals surface area contributed by atoms with E-state index in [1.165, 1.54) is 0 Å². The lowest BCUT2D eigenvalue weighted by Gasteiger charge is -2.17. The fourth-order valence-electron chi connectivity index (χ4n) is 1.90. The minimum atomic E-state index is 0.770. The molecule has 16 heavy (non-hydrogen) atoms. The largest absolute Gasteiger partial charge is 0.494 e. The molecular weight excluding hydrogens is 226 g/mol. The standard InChI is InChI=1S/C10H11N3O2S/c1-14-8-3-7-6(4-11-12-7)10-9(8)13(15-2)5-16-10/h3-4H,5H2,1-2H3,(H,11,12). The average molecular weight is 237 g/mol. The van der Waals surface area contributed by atoms with Gasteiger partial charge in [-0.15, -0.1) is 0 Å². The Hall–Kier alpha value is -1.40. The fourth-order valence-corrected chi connectivity index (χ4v) is 3.03. The first-order valence-electron chi connectivity index (χ1n) is 4.83. The minimum Gasteiger partial charge on any atom is -0.494 e. The number of fused-ring (bicyclic) bond motifs is 3. The second kappa shape index (κ2) is 3.57. The van der Waals surface area contributed by atoms with Crippen LogP contribution in [0.25, 0.3) is 10.9 Å². The normalized spacial score (nSPS) is 14.5. The molecule has 0 unspecified atom stereocenters. The molecule has 6 heteroatoms. The number of nitrogens with one attached hydrogen (secondary N) is 1. The van der Waals surface area contributed by atoms with Gasteiger partial charge in [0.2, 0.25) is 0 Å². The van der Waals surface area contributed by atoms with Gasteiger partial charge in [0.15, 0.2) is 0 Å². The van der Waals surface area contributed by atoms with E-state index in [2.05, 4.69) is 10.2 Å². The van der Waals surface area contributed by atoms with E-state index in [4.69, 9.17) is 9.57 Å². The van der Waals surface area contributed by atoms with E-state index < -0.39 is 0 Å². The summed E-state index contributed by atoms with van der Waals surface area (Å²) in [6, 6.07) is 1.94. The van der Waals surface area contributed by atoms with E-state index in [1.807, 2.05) is 17.3 Å². The molecular formula is C10H11N3O2S. The van der Waals surface area contributed by atoms with E-state index in [0.29, 0.717) is 0 Å². The van der Waals surface area contributed by atoms with E-state index in [1.54, 1.807) is 26.0 Å². The van der Waals surface area contributed by atoms with Gasteiger partial charge in [-0.1, -0.05) is 11.8 Å². The molecule has 2 aromatic rings. The molecule has 3 rings (SSSR count). The molecule has 1 N–H and O–H groups in total. The molecule has 1 aromatic carbocycles. The summed E-state index contributed by atoms with van der Waals surface area (Å²) in [7, 11) is 3.32. The van der Waals surface area contributed by atoms with Crippen molar-refractivity contribution in [2.75, 3.05) is 25.2 Å². The summed E-state index contributed by atoms with van der Waals surface area (Å²) in [6.45, 7) is 0. The van der Waals surface area contributed by atoms with Crippen molar-refractivity contribution < 1.29 is 9.57 Å². The van der Waals surface area contributed by atoms with Gasteiger partial charge in [0.25, 0.3) is 0 Å². The highest BCUT2D eigenvalue weighted by Crippen LogP contribution is 2.48. The molecule has 0 amide bonds. The van der Waals surface area contributed by atoms with Crippen LogP contribution < -0.4 is 9.80 Å². The summed E-state index contributed by atoms with van der Waals surface area (Å²) in [5, 5.41) is 9.94. The predicted molar refractivity (Wildman–Crippen MR) is 62.9 cm³/mol. The van der Waals surface area contributed by atoms with Crippen LogP contribution in [-0.2, 0) is 4.84 Å². The highest BCUT2D eigenvalue weighted by Gasteiger charge is 2.27. The number of ether oxygens (including phenoxy) is 1. The first kappa shape index (κ1) is 9.80. The average Bonchev–Trinajstić information content (AvgIpc) is 2.93. The minimum absolute atomic E-state index is 0.770. The number of H-pyrrole nitrogens is 1. The number of anilines is 1. The van der Waals surface area contributed by atoms with Crippen molar-refractivity contribution in [1.29, 1.82) is 0 Å². The molecule has 0 fully saturated rings. The van der Waals surface area contributed by atoms with Gasteiger partial charge in [0.05, 0.1) is 31.8 Å². The smallest absolute Gasteiger partial charge is 0.147 e. The maximum atomic E-state index is 5.38. The maximum absolute atomic E-state index is 5.38. The summed E-state index contributed by atoms with van der Waals surface area (Å²) >= 11 is 1.73. The topological polar surface area (TPSA) is 50.4 Å². The highest BCUT2D eigenvalue weighted by molar-refractivity contribution is 8.00. The van der Waals surface area contributed by atoms with Crippen LogP contribution >= 0.6 is 11.8 Å². The number of hydroxylamine groups is 1. The Morgan fingerprint density at radius 3 is 3.12 bits per heavy atom. The third-order valence-corrected chi connectivity index (χ3v) is 3.72. The first-order valence-corrected chi connectivity index (χ1v) is 5.82. The van der Waals surface area contributed by atoms with E-state index >= 15 is 0 Å². The van der Waals surface area contributed by atoms with Crippen LogP contribution in [-0.4, -0.2) is 30.3 Å². The Morgan fingerprint density at radius 1 is 1.50 bits per heavy atom. The number of hydrogen-bond donors (Lipinski definition) is 1. The van der Waals surface area contributed by atoms with Crippen molar-refractivity contribution in [1.82, 2.24) is 10.2 Å². The molecule has 0 saturated heterocycles. The first-order chi connectivity index (χ1) is 7.85. The third kappa shape index (κ3) is 1.20.